The van der Waals surface area contributed by atoms with Gasteiger partial charge in [-0.2, -0.15) is 0 Å². The smallest absolute Gasteiger partial charge is 0.0547 e. The number of para-hydroxylation sites is 3. The molecule has 0 atom stereocenters. The van der Waals surface area contributed by atoms with Crippen LogP contribution in [0.25, 0.3) is 115 Å². The molecule has 0 saturated heterocycles. The molecule has 2 nitrogen and oxygen atoms in total. The molecule has 0 bridgehead atoms. The second-order valence-corrected chi connectivity index (χ2v) is 19.1. The van der Waals surface area contributed by atoms with Crippen molar-refractivity contribution < 1.29 is 0 Å². The number of anilines is 3. The molecular weight excluding hydrogens is 893 g/mol. The Morgan fingerprint density at radius 2 is 0.743 bits per heavy atom. The minimum atomic E-state index is 1.07. The van der Waals surface area contributed by atoms with Gasteiger partial charge in [-0.1, -0.05) is 231 Å². The summed E-state index contributed by atoms with van der Waals surface area (Å²) in [7, 11) is 0. The van der Waals surface area contributed by atoms with Crippen molar-refractivity contribution in [2.75, 3.05) is 4.90 Å². The van der Waals surface area contributed by atoms with E-state index in [0.29, 0.717) is 0 Å². The summed E-state index contributed by atoms with van der Waals surface area (Å²) >= 11 is 0. The first kappa shape index (κ1) is 43.1. The Hall–Kier alpha value is -9.76. The first-order chi connectivity index (χ1) is 36.7. The van der Waals surface area contributed by atoms with Gasteiger partial charge in [-0.05, 0) is 143 Å². The van der Waals surface area contributed by atoms with Gasteiger partial charge < -0.3 is 9.47 Å². The van der Waals surface area contributed by atoms with Crippen LogP contribution in [0.2, 0.25) is 0 Å². The molecule has 0 spiro atoms. The van der Waals surface area contributed by atoms with Crippen molar-refractivity contribution in [2.24, 2.45) is 0 Å². The van der Waals surface area contributed by atoms with Crippen LogP contribution in [0, 0.1) is 0 Å². The third kappa shape index (κ3) is 7.27. The third-order valence-corrected chi connectivity index (χ3v) is 15.0. The van der Waals surface area contributed by atoms with E-state index >= 15 is 0 Å². The zero-order valence-electron chi connectivity index (χ0n) is 40.6. The van der Waals surface area contributed by atoms with Gasteiger partial charge in [-0.15, -0.1) is 0 Å². The third-order valence-electron chi connectivity index (χ3n) is 15.0. The van der Waals surface area contributed by atoms with Gasteiger partial charge in [0.1, 0.15) is 0 Å². The van der Waals surface area contributed by atoms with Crippen LogP contribution >= 0.6 is 0 Å². The summed E-state index contributed by atoms with van der Waals surface area (Å²) in [4.78, 5) is 2.44. The van der Waals surface area contributed by atoms with E-state index in [1.165, 1.54) is 98.6 Å². The highest BCUT2D eigenvalue weighted by molar-refractivity contribution is 6.22. The van der Waals surface area contributed by atoms with Gasteiger partial charge in [-0.3, -0.25) is 0 Å². The quantitative estimate of drug-likeness (QED) is 0.131. The standard InChI is InChI=1S/C72H48N2/c1-4-21-52(22-5-1)70-63-31-13-12-29-60(63)61-47-42-54(48-66(61)71(70)53-23-6-2-7-24-53)49-38-43-56(44-39-49)73(57-45-40-51(41-46-57)59-33-18-25-50-20-10-11-28-58(50)59)67-35-16-14-30-62(67)64-34-19-37-69-72(64)65-32-15-17-36-68(65)74(69)55-26-8-3-9-27-55/h1-48H. The van der Waals surface area contributed by atoms with Crippen molar-refractivity contribution in [3.05, 3.63) is 291 Å². The number of nitrogens with zero attached hydrogens (tertiary/aromatic N) is 2. The molecule has 0 aliphatic heterocycles. The molecule has 346 valence electrons. The second-order valence-electron chi connectivity index (χ2n) is 19.1. The lowest BCUT2D eigenvalue weighted by Crippen LogP contribution is -2.11. The molecule has 0 fully saturated rings. The summed E-state index contributed by atoms with van der Waals surface area (Å²) in [6.07, 6.45) is 0. The fourth-order valence-electron chi connectivity index (χ4n) is 11.7. The van der Waals surface area contributed by atoms with Crippen LogP contribution in [0.4, 0.5) is 17.1 Å². The number of hydrogen-bond donors (Lipinski definition) is 0. The highest BCUT2D eigenvalue weighted by Gasteiger charge is 2.23. The maximum atomic E-state index is 2.44. The maximum absolute atomic E-state index is 2.44. The summed E-state index contributed by atoms with van der Waals surface area (Å²) in [5.74, 6) is 0. The van der Waals surface area contributed by atoms with Gasteiger partial charge in [0.2, 0.25) is 0 Å². The summed E-state index contributed by atoms with van der Waals surface area (Å²) in [6.45, 7) is 0. The average molecular weight is 941 g/mol. The second kappa shape index (κ2) is 18.1. The fourth-order valence-corrected chi connectivity index (χ4v) is 11.7. The van der Waals surface area contributed by atoms with E-state index in [1.54, 1.807) is 0 Å². The van der Waals surface area contributed by atoms with Crippen molar-refractivity contribution in [3.63, 3.8) is 0 Å². The number of aromatic nitrogens is 1. The molecule has 0 aliphatic rings. The highest BCUT2D eigenvalue weighted by Crippen LogP contribution is 2.48. The van der Waals surface area contributed by atoms with Crippen molar-refractivity contribution in [2.45, 2.75) is 0 Å². The van der Waals surface area contributed by atoms with Crippen LogP contribution in [0.5, 0.6) is 0 Å². The minimum absolute atomic E-state index is 1.07. The van der Waals surface area contributed by atoms with E-state index in [-0.39, 0.29) is 0 Å². The van der Waals surface area contributed by atoms with E-state index in [9.17, 15) is 0 Å². The molecule has 14 aromatic rings. The Morgan fingerprint density at radius 3 is 1.47 bits per heavy atom. The Labute approximate surface area is 430 Å². The molecule has 0 unspecified atom stereocenters. The number of benzene rings is 13. The van der Waals surface area contributed by atoms with Crippen molar-refractivity contribution in [1.82, 2.24) is 4.57 Å². The minimum Gasteiger partial charge on any atom is -0.310 e. The Bertz CT molecular complexity index is 4380. The Morgan fingerprint density at radius 1 is 0.257 bits per heavy atom. The van der Waals surface area contributed by atoms with Gasteiger partial charge in [0.15, 0.2) is 0 Å². The molecule has 1 aromatic heterocycles. The van der Waals surface area contributed by atoms with Crippen molar-refractivity contribution >= 4 is 71.2 Å². The van der Waals surface area contributed by atoms with Gasteiger partial charge >= 0.3 is 0 Å². The normalized spacial score (nSPS) is 11.5. The van der Waals surface area contributed by atoms with Crippen molar-refractivity contribution in [1.29, 1.82) is 0 Å². The Balaban J connectivity index is 0.946. The molecule has 0 saturated carbocycles. The SMILES string of the molecule is c1ccc(-c2c(-c3ccccc3)c3cc(-c4ccc(N(c5ccc(-c6cccc7ccccc67)cc5)c5ccccc5-c5cccc6c5c5ccccc5n6-c5ccccc5)cc4)ccc3c3ccccc23)cc1. The maximum Gasteiger partial charge on any atom is 0.0547 e. The Kier molecular flexibility index (Phi) is 10.6. The van der Waals surface area contributed by atoms with E-state index < -0.39 is 0 Å². The van der Waals surface area contributed by atoms with Crippen LogP contribution in [0.15, 0.2) is 291 Å². The molecule has 2 heteroatoms. The zero-order chi connectivity index (χ0) is 49.0. The summed E-state index contributed by atoms with van der Waals surface area (Å²) in [6, 6.07) is 106. The summed E-state index contributed by atoms with van der Waals surface area (Å²) in [5, 5.41) is 9.93. The van der Waals surface area contributed by atoms with E-state index in [4.69, 9.17) is 0 Å². The van der Waals surface area contributed by atoms with E-state index in [1.807, 2.05) is 0 Å². The predicted octanol–water partition coefficient (Wildman–Crippen LogP) is 20.0. The number of fused-ring (bicyclic) bond motifs is 7. The van der Waals surface area contributed by atoms with Gasteiger partial charge in [0.05, 0.1) is 16.7 Å². The lowest BCUT2D eigenvalue weighted by atomic mass is 9.84. The molecular formula is C72H48N2. The monoisotopic (exact) mass is 940 g/mol. The fraction of sp³-hybridized carbons (Fsp3) is 0. The van der Waals surface area contributed by atoms with Crippen LogP contribution in [-0.4, -0.2) is 4.57 Å². The van der Waals surface area contributed by atoms with E-state index in [2.05, 4.69) is 301 Å². The van der Waals surface area contributed by atoms with Crippen LogP contribution < -0.4 is 4.90 Å². The first-order valence-corrected chi connectivity index (χ1v) is 25.5. The largest absolute Gasteiger partial charge is 0.310 e. The van der Waals surface area contributed by atoms with Gasteiger partial charge in [0.25, 0.3) is 0 Å². The topological polar surface area (TPSA) is 8.17 Å². The lowest BCUT2D eigenvalue weighted by molar-refractivity contribution is 1.18. The lowest BCUT2D eigenvalue weighted by Gasteiger charge is -2.28. The molecule has 14 rings (SSSR count). The van der Waals surface area contributed by atoms with Gasteiger partial charge in [0, 0.05) is 33.4 Å². The van der Waals surface area contributed by atoms with E-state index in [0.717, 1.165) is 33.9 Å². The van der Waals surface area contributed by atoms with Crippen LogP contribution in [-0.2, 0) is 0 Å². The summed E-state index contributed by atoms with van der Waals surface area (Å²) in [5.41, 5.74) is 18.7. The number of hydrogen-bond acceptors (Lipinski definition) is 1. The van der Waals surface area contributed by atoms with Gasteiger partial charge in [-0.25, -0.2) is 0 Å². The van der Waals surface area contributed by atoms with Crippen LogP contribution in [0.3, 0.4) is 0 Å². The molecule has 74 heavy (non-hydrogen) atoms. The van der Waals surface area contributed by atoms with Crippen molar-refractivity contribution in [3.8, 4) is 61.3 Å². The first-order valence-electron chi connectivity index (χ1n) is 25.5. The molecule has 0 radical (unpaired) electrons. The molecule has 1 heterocycles. The average Bonchev–Trinajstić information content (AvgIpc) is 3.86. The zero-order valence-corrected chi connectivity index (χ0v) is 40.6. The predicted molar refractivity (Wildman–Crippen MR) is 315 cm³/mol. The summed E-state index contributed by atoms with van der Waals surface area (Å²) < 4.78 is 2.40. The number of rotatable bonds is 9. The molecule has 0 amide bonds. The molecule has 13 aromatic carbocycles. The molecule has 0 N–H and O–H groups in total. The highest BCUT2D eigenvalue weighted by atomic mass is 15.1. The van der Waals surface area contributed by atoms with Crippen LogP contribution in [0.1, 0.15) is 0 Å². The molecule has 0 aliphatic carbocycles.